The first-order chi connectivity index (χ1) is 13.4. The number of hydrogen-bond acceptors (Lipinski definition) is 6. The summed E-state index contributed by atoms with van der Waals surface area (Å²) in [6, 6.07) is 10.0. The SMILES string of the molecule is N#CCCCOC(=O)c1nc(-c2cccs2)n(-c2cccc(C(F)(F)F)c2)n1. The minimum Gasteiger partial charge on any atom is -0.460 e. The van der Waals surface area contributed by atoms with Crippen LogP contribution in [0.2, 0.25) is 0 Å². The fraction of sp³-hybridized carbons (Fsp3) is 0.222. The largest absolute Gasteiger partial charge is 0.460 e. The maximum Gasteiger partial charge on any atom is 0.416 e. The van der Waals surface area contributed by atoms with Crippen molar-refractivity contribution in [1.29, 1.82) is 5.26 Å². The fourth-order valence-corrected chi connectivity index (χ4v) is 3.04. The molecule has 3 aromatic rings. The van der Waals surface area contributed by atoms with Crippen LogP contribution in [0.1, 0.15) is 29.0 Å². The van der Waals surface area contributed by atoms with Crippen molar-refractivity contribution in [2.75, 3.05) is 6.61 Å². The van der Waals surface area contributed by atoms with Crippen molar-refractivity contribution in [3.8, 4) is 22.5 Å². The molecule has 2 heterocycles. The van der Waals surface area contributed by atoms with Gasteiger partial charge in [0.2, 0.25) is 0 Å². The Morgan fingerprint density at radius 2 is 2.11 bits per heavy atom. The molecule has 0 aliphatic rings. The smallest absolute Gasteiger partial charge is 0.416 e. The minimum absolute atomic E-state index is 0.0266. The van der Waals surface area contributed by atoms with Crippen LogP contribution in [0.15, 0.2) is 41.8 Å². The van der Waals surface area contributed by atoms with E-state index >= 15 is 0 Å². The summed E-state index contributed by atoms with van der Waals surface area (Å²) in [5.74, 6) is -0.836. The van der Waals surface area contributed by atoms with Gasteiger partial charge in [-0.15, -0.1) is 16.4 Å². The van der Waals surface area contributed by atoms with Crippen LogP contribution in [0, 0.1) is 11.3 Å². The Morgan fingerprint density at radius 1 is 1.29 bits per heavy atom. The molecule has 28 heavy (non-hydrogen) atoms. The van der Waals surface area contributed by atoms with Gasteiger partial charge in [-0.3, -0.25) is 0 Å². The predicted molar refractivity (Wildman–Crippen MR) is 94.8 cm³/mol. The van der Waals surface area contributed by atoms with Crippen molar-refractivity contribution in [2.45, 2.75) is 19.0 Å². The number of hydrogen-bond donors (Lipinski definition) is 0. The Hall–Kier alpha value is -3.19. The van der Waals surface area contributed by atoms with Crippen molar-refractivity contribution in [3.63, 3.8) is 0 Å². The van der Waals surface area contributed by atoms with Crippen LogP contribution in [0.25, 0.3) is 16.4 Å². The second kappa shape index (κ2) is 8.22. The van der Waals surface area contributed by atoms with Gasteiger partial charge in [0.25, 0.3) is 5.82 Å². The molecule has 0 saturated heterocycles. The summed E-state index contributed by atoms with van der Waals surface area (Å²) in [5, 5.41) is 14.3. The van der Waals surface area contributed by atoms with E-state index in [0.29, 0.717) is 11.3 Å². The second-order valence-corrected chi connectivity index (χ2v) is 6.54. The third-order valence-electron chi connectivity index (χ3n) is 3.62. The van der Waals surface area contributed by atoms with Crippen molar-refractivity contribution in [3.05, 3.63) is 53.2 Å². The highest BCUT2D eigenvalue weighted by molar-refractivity contribution is 7.13. The van der Waals surface area contributed by atoms with Gasteiger partial charge in [-0.05, 0) is 36.1 Å². The van der Waals surface area contributed by atoms with E-state index in [1.165, 1.54) is 28.2 Å². The van der Waals surface area contributed by atoms with Gasteiger partial charge < -0.3 is 4.74 Å². The van der Waals surface area contributed by atoms with Gasteiger partial charge in [-0.2, -0.15) is 23.4 Å². The van der Waals surface area contributed by atoms with E-state index in [-0.39, 0.29) is 30.4 Å². The number of aromatic nitrogens is 3. The van der Waals surface area contributed by atoms with Crippen molar-refractivity contribution in [2.24, 2.45) is 0 Å². The number of ether oxygens (including phenoxy) is 1. The van der Waals surface area contributed by atoms with E-state index in [1.807, 2.05) is 6.07 Å². The fourth-order valence-electron chi connectivity index (χ4n) is 2.34. The average molecular weight is 406 g/mol. The molecule has 6 nitrogen and oxygen atoms in total. The van der Waals surface area contributed by atoms with Gasteiger partial charge >= 0.3 is 12.1 Å². The Labute approximate surface area is 161 Å². The Bertz CT molecular complexity index is 1010. The number of carbonyl (C=O) groups is 1. The van der Waals surface area contributed by atoms with Crippen molar-refractivity contribution in [1.82, 2.24) is 14.8 Å². The van der Waals surface area contributed by atoms with Crippen LogP contribution < -0.4 is 0 Å². The molecule has 144 valence electrons. The number of esters is 1. The van der Waals surface area contributed by atoms with Gasteiger partial charge in [0, 0.05) is 6.42 Å². The quantitative estimate of drug-likeness (QED) is 0.446. The molecule has 1 aromatic carbocycles. The van der Waals surface area contributed by atoms with Crippen LogP contribution in [-0.2, 0) is 10.9 Å². The maximum atomic E-state index is 13.1. The summed E-state index contributed by atoms with van der Waals surface area (Å²) in [7, 11) is 0. The molecule has 0 unspecified atom stereocenters. The normalized spacial score (nSPS) is 11.2. The second-order valence-electron chi connectivity index (χ2n) is 5.59. The molecule has 0 bridgehead atoms. The molecule has 10 heteroatoms. The third-order valence-corrected chi connectivity index (χ3v) is 4.48. The van der Waals surface area contributed by atoms with Crippen LogP contribution in [0.4, 0.5) is 13.2 Å². The number of nitrogens with zero attached hydrogens (tertiary/aromatic N) is 4. The van der Waals surface area contributed by atoms with Crippen molar-refractivity contribution < 1.29 is 22.7 Å². The number of rotatable bonds is 6. The van der Waals surface area contributed by atoms with Crippen LogP contribution in [0.5, 0.6) is 0 Å². The molecule has 0 aliphatic heterocycles. The molecule has 0 N–H and O–H groups in total. The Kier molecular flexibility index (Phi) is 5.75. The minimum atomic E-state index is -4.51. The van der Waals surface area contributed by atoms with Gasteiger partial charge in [0.1, 0.15) is 0 Å². The standard InChI is InChI=1S/C18H13F3N4O2S/c19-18(20,21)12-5-3-6-13(11-12)25-16(14-7-4-10-28-14)23-15(24-25)17(26)27-9-2-1-8-22/h3-7,10-11H,1-2,9H2. The molecule has 0 amide bonds. The van der Waals surface area contributed by atoms with E-state index in [9.17, 15) is 18.0 Å². The van der Waals surface area contributed by atoms with E-state index < -0.39 is 17.7 Å². The number of thiophene rings is 1. The molecule has 2 aromatic heterocycles. The van der Waals surface area contributed by atoms with E-state index in [4.69, 9.17) is 10.00 Å². The van der Waals surface area contributed by atoms with E-state index in [0.717, 1.165) is 12.1 Å². The van der Waals surface area contributed by atoms with Gasteiger partial charge in [-0.25, -0.2) is 9.48 Å². The lowest BCUT2D eigenvalue weighted by Crippen LogP contribution is -2.10. The molecule has 0 spiro atoms. The molecular weight excluding hydrogens is 393 g/mol. The number of carbonyl (C=O) groups excluding carboxylic acids is 1. The summed E-state index contributed by atoms with van der Waals surface area (Å²) in [6.45, 7) is 0.0266. The molecule has 0 aliphatic carbocycles. The third kappa shape index (κ3) is 4.37. The molecule has 0 radical (unpaired) electrons. The van der Waals surface area contributed by atoms with E-state index in [1.54, 1.807) is 17.5 Å². The van der Waals surface area contributed by atoms with Crippen LogP contribution in [-0.4, -0.2) is 27.3 Å². The Morgan fingerprint density at radius 3 is 2.79 bits per heavy atom. The summed E-state index contributed by atoms with van der Waals surface area (Å²) in [5.41, 5.74) is -0.715. The summed E-state index contributed by atoms with van der Waals surface area (Å²) in [4.78, 5) is 17.0. The topological polar surface area (TPSA) is 80.8 Å². The zero-order valence-electron chi connectivity index (χ0n) is 14.3. The lowest BCUT2D eigenvalue weighted by atomic mass is 10.2. The highest BCUT2D eigenvalue weighted by Crippen LogP contribution is 2.32. The van der Waals surface area contributed by atoms with Gasteiger partial charge in [-0.1, -0.05) is 12.1 Å². The predicted octanol–water partition coefficient (Wildman–Crippen LogP) is 4.48. The van der Waals surface area contributed by atoms with Crippen LogP contribution >= 0.6 is 11.3 Å². The highest BCUT2D eigenvalue weighted by atomic mass is 32.1. The zero-order valence-corrected chi connectivity index (χ0v) is 15.1. The zero-order chi connectivity index (χ0) is 20.1. The maximum absolute atomic E-state index is 13.1. The summed E-state index contributed by atoms with van der Waals surface area (Å²) >= 11 is 1.31. The molecular formula is C18H13F3N4O2S. The Balaban J connectivity index is 1.97. The number of alkyl halides is 3. The lowest BCUT2D eigenvalue weighted by Gasteiger charge is -2.09. The van der Waals surface area contributed by atoms with Crippen molar-refractivity contribution >= 4 is 17.3 Å². The first-order valence-electron chi connectivity index (χ1n) is 8.13. The molecule has 0 fully saturated rings. The first kappa shape index (κ1) is 19.6. The number of benzene rings is 1. The monoisotopic (exact) mass is 406 g/mol. The van der Waals surface area contributed by atoms with Gasteiger partial charge in [0.15, 0.2) is 5.82 Å². The molecule has 0 atom stereocenters. The molecule has 3 rings (SSSR count). The average Bonchev–Trinajstić information content (AvgIpc) is 3.34. The molecule has 0 saturated carbocycles. The lowest BCUT2D eigenvalue weighted by molar-refractivity contribution is -0.137. The number of unbranched alkanes of at least 4 members (excludes halogenated alkanes) is 1. The summed E-state index contributed by atoms with van der Waals surface area (Å²) < 4.78 is 45.4. The van der Waals surface area contributed by atoms with Gasteiger partial charge in [0.05, 0.1) is 28.8 Å². The first-order valence-corrected chi connectivity index (χ1v) is 9.01. The van der Waals surface area contributed by atoms with Crippen LogP contribution in [0.3, 0.4) is 0 Å². The summed E-state index contributed by atoms with van der Waals surface area (Å²) in [6.07, 6.45) is -3.91. The number of nitriles is 1. The number of halogens is 3. The van der Waals surface area contributed by atoms with E-state index in [2.05, 4.69) is 10.1 Å². The highest BCUT2D eigenvalue weighted by Gasteiger charge is 2.31.